The molecular weight excluding hydrogens is 489 g/mol. The van der Waals surface area contributed by atoms with Crippen molar-refractivity contribution < 1.29 is 4.79 Å². The molecule has 3 aromatic carbocycles. The molecular formula is C24H16IN3O2. The number of anilines is 1. The van der Waals surface area contributed by atoms with Gasteiger partial charge >= 0.3 is 0 Å². The summed E-state index contributed by atoms with van der Waals surface area (Å²) in [4.78, 5) is 30.9. The standard InChI is InChI=1S/C24H16IN3O2/c1-14-7-9-20-17(11-14)18(23(29)27-20)13-22-26-21-10-8-15(25)12-19(21)24(30)28(22)16-5-3-2-4-6-16/h2-13H,1H3,(H,27,29)/b18-13+. The molecule has 146 valence electrons. The lowest BCUT2D eigenvalue weighted by Gasteiger charge is -2.12. The first-order valence-electron chi connectivity index (χ1n) is 9.43. The molecule has 2 heterocycles. The van der Waals surface area contributed by atoms with Crippen molar-refractivity contribution in [2.45, 2.75) is 6.92 Å². The summed E-state index contributed by atoms with van der Waals surface area (Å²) in [6.07, 6.45) is 1.70. The van der Waals surface area contributed by atoms with Crippen molar-refractivity contribution in [2.24, 2.45) is 0 Å². The zero-order valence-electron chi connectivity index (χ0n) is 16.0. The van der Waals surface area contributed by atoms with E-state index in [-0.39, 0.29) is 11.5 Å². The molecule has 1 aliphatic rings. The lowest BCUT2D eigenvalue weighted by Crippen LogP contribution is -2.22. The Hall–Kier alpha value is -3.26. The van der Waals surface area contributed by atoms with Gasteiger partial charge in [-0.25, -0.2) is 4.98 Å². The van der Waals surface area contributed by atoms with Gasteiger partial charge in [0.1, 0.15) is 5.82 Å². The molecule has 1 aromatic heterocycles. The Morgan fingerprint density at radius 1 is 1.00 bits per heavy atom. The molecule has 30 heavy (non-hydrogen) atoms. The van der Waals surface area contributed by atoms with Crippen molar-refractivity contribution >= 4 is 56.7 Å². The van der Waals surface area contributed by atoms with Crippen molar-refractivity contribution in [3.05, 3.63) is 97.6 Å². The maximum Gasteiger partial charge on any atom is 0.266 e. The molecule has 0 saturated heterocycles. The highest BCUT2D eigenvalue weighted by Gasteiger charge is 2.25. The number of hydrogen-bond donors (Lipinski definition) is 1. The molecule has 0 saturated carbocycles. The van der Waals surface area contributed by atoms with Gasteiger partial charge in [0, 0.05) is 14.8 Å². The number of carbonyl (C=O) groups is 1. The number of fused-ring (bicyclic) bond motifs is 2. The van der Waals surface area contributed by atoms with Crippen LogP contribution >= 0.6 is 22.6 Å². The SMILES string of the molecule is Cc1ccc2c(c1)/C(=C\c1nc3ccc(I)cc3c(=O)n1-c1ccccc1)C(=O)N2. The lowest BCUT2D eigenvalue weighted by molar-refractivity contribution is -0.110. The van der Waals surface area contributed by atoms with Crippen LogP contribution in [0.2, 0.25) is 0 Å². The van der Waals surface area contributed by atoms with Crippen LogP contribution in [-0.2, 0) is 4.79 Å². The molecule has 1 aliphatic heterocycles. The number of nitrogens with one attached hydrogen (secondary N) is 1. The molecule has 0 bridgehead atoms. The molecule has 5 rings (SSSR count). The van der Waals surface area contributed by atoms with E-state index in [2.05, 4.69) is 27.9 Å². The fraction of sp³-hybridized carbons (Fsp3) is 0.0417. The van der Waals surface area contributed by atoms with Crippen molar-refractivity contribution in [3.8, 4) is 5.69 Å². The highest BCUT2D eigenvalue weighted by atomic mass is 127. The van der Waals surface area contributed by atoms with E-state index in [4.69, 9.17) is 4.98 Å². The molecule has 0 spiro atoms. The van der Waals surface area contributed by atoms with Gasteiger partial charge in [-0.3, -0.25) is 14.2 Å². The number of benzene rings is 3. The first-order valence-corrected chi connectivity index (χ1v) is 10.5. The van der Waals surface area contributed by atoms with E-state index in [1.807, 2.05) is 73.7 Å². The normalized spacial score (nSPS) is 14.2. The largest absolute Gasteiger partial charge is 0.321 e. The number of nitrogens with zero attached hydrogens (tertiary/aromatic N) is 2. The Morgan fingerprint density at radius 3 is 2.60 bits per heavy atom. The van der Waals surface area contributed by atoms with Crippen LogP contribution < -0.4 is 10.9 Å². The van der Waals surface area contributed by atoms with Crippen LogP contribution in [0.4, 0.5) is 5.69 Å². The van der Waals surface area contributed by atoms with Gasteiger partial charge in [-0.2, -0.15) is 0 Å². The van der Waals surface area contributed by atoms with E-state index >= 15 is 0 Å². The molecule has 4 aromatic rings. The summed E-state index contributed by atoms with van der Waals surface area (Å²) in [5, 5.41) is 3.43. The van der Waals surface area contributed by atoms with E-state index in [9.17, 15) is 9.59 Å². The average molecular weight is 505 g/mol. The molecule has 0 radical (unpaired) electrons. The van der Waals surface area contributed by atoms with E-state index in [0.717, 1.165) is 20.4 Å². The Bertz CT molecular complexity index is 1420. The number of hydrogen-bond acceptors (Lipinski definition) is 3. The summed E-state index contributed by atoms with van der Waals surface area (Å²) in [7, 11) is 0. The zero-order valence-corrected chi connectivity index (χ0v) is 18.2. The number of rotatable bonds is 2. The molecule has 0 unspecified atom stereocenters. The predicted octanol–water partition coefficient (Wildman–Crippen LogP) is 4.79. The Labute approximate surface area is 186 Å². The topological polar surface area (TPSA) is 64.0 Å². The van der Waals surface area contributed by atoms with E-state index in [1.165, 1.54) is 0 Å². The van der Waals surface area contributed by atoms with E-state index < -0.39 is 0 Å². The zero-order chi connectivity index (χ0) is 20.8. The van der Waals surface area contributed by atoms with Crippen molar-refractivity contribution in [1.29, 1.82) is 0 Å². The number of amides is 1. The van der Waals surface area contributed by atoms with Gasteiger partial charge in [-0.15, -0.1) is 0 Å². The smallest absolute Gasteiger partial charge is 0.266 e. The third-order valence-electron chi connectivity index (χ3n) is 5.10. The Balaban J connectivity index is 1.83. The van der Waals surface area contributed by atoms with Gasteiger partial charge < -0.3 is 5.32 Å². The second kappa shape index (κ2) is 7.21. The number of halogens is 1. The van der Waals surface area contributed by atoms with Crippen molar-refractivity contribution in [1.82, 2.24) is 9.55 Å². The third-order valence-corrected chi connectivity index (χ3v) is 5.77. The Kier molecular flexibility index (Phi) is 4.51. The maximum absolute atomic E-state index is 13.4. The minimum Gasteiger partial charge on any atom is -0.321 e. The average Bonchev–Trinajstić information content (AvgIpc) is 3.04. The fourth-order valence-electron chi connectivity index (χ4n) is 3.67. The van der Waals surface area contributed by atoms with E-state index in [1.54, 1.807) is 10.6 Å². The molecule has 0 atom stereocenters. The summed E-state index contributed by atoms with van der Waals surface area (Å²) in [5.74, 6) is 0.214. The minimum absolute atomic E-state index is 0.167. The van der Waals surface area contributed by atoms with Crippen LogP contribution in [-0.4, -0.2) is 15.5 Å². The van der Waals surface area contributed by atoms with Gasteiger partial charge in [0.15, 0.2) is 0 Å². The predicted molar refractivity (Wildman–Crippen MR) is 128 cm³/mol. The van der Waals surface area contributed by atoms with Crippen LogP contribution in [0.15, 0.2) is 71.5 Å². The van der Waals surface area contributed by atoms with Gasteiger partial charge in [0.2, 0.25) is 0 Å². The van der Waals surface area contributed by atoms with Crippen LogP contribution in [0.5, 0.6) is 0 Å². The van der Waals surface area contributed by atoms with Crippen LogP contribution in [0.1, 0.15) is 17.0 Å². The van der Waals surface area contributed by atoms with Gasteiger partial charge in [0.25, 0.3) is 11.5 Å². The monoisotopic (exact) mass is 505 g/mol. The second-order valence-corrected chi connectivity index (χ2v) is 8.41. The third kappa shape index (κ3) is 3.13. The fourth-order valence-corrected chi connectivity index (χ4v) is 4.16. The summed E-state index contributed by atoms with van der Waals surface area (Å²) >= 11 is 2.19. The highest BCUT2D eigenvalue weighted by molar-refractivity contribution is 14.1. The van der Waals surface area contributed by atoms with Gasteiger partial charge in [-0.05, 0) is 78.1 Å². The number of aromatic nitrogens is 2. The minimum atomic E-state index is -0.202. The summed E-state index contributed by atoms with van der Waals surface area (Å²) in [6, 6.07) is 20.8. The molecule has 6 heteroatoms. The summed E-state index contributed by atoms with van der Waals surface area (Å²) in [5.41, 5.74) is 4.26. The van der Waals surface area contributed by atoms with Crippen molar-refractivity contribution in [3.63, 3.8) is 0 Å². The molecule has 1 N–H and O–H groups in total. The number of para-hydroxylation sites is 1. The lowest BCUT2D eigenvalue weighted by atomic mass is 10.0. The molecule has 0 aliphatic carbocycles. The Morgan fingerprint density at radius 2 is 1.80 bits per heavy atom. The molecule has 1 amide bonds. The van der Waals surface area contributed by atoms with Gasteiger partial charge in [-0.1, -0.05) is 29.8 Å². The number of carbonyl (C=O) groups excluding carboxylic acids is 1. The van der Waals surface area contributed by atoms with Crippen LogP contribution in [0, 0.1) is 10.5 Å². The first kappa shape index (κ1) is 18.7. The van der Waals surface area contributed by atoms with Crippen molar-refractivity contribution in [2.75, 3.05) is 5.32 Å². The van der Waals surface area contributed by atoms with Crippen LogP contribution in [0.25, 0.3) is 28.2 Å². The maximum atomic E-state index is 13.4. The van der Waals surface area contributed by atoms with E-state index in [0.29, 0.717) is 28.0 Å². The second-order valence-electron chi connectivity index (χ2n) is 7.17. The van der Waals surface area contributed by atoms with Crippen LogP contribution in [0.3, 0.4) is 0 Å². The molecule has 0 fully saturated rings. The molecule has 5 nitrogen and oxygen atoms in total. The summed E-state index contributed by atoms with van der Waals surface area (Å²) in [6.45, 7) is 1.98. The number of aryl methyl sites for hydroxylation is 1. The first-order chi connectivity index (χ1) is 14.5. The summed E-state index contributed by atoms with van der Waals surface area (Å²) < 4.78 is 2.52. The quantitative estimate of drug-likeness (QED) is 0.315. The van der Waals surface area contributed by atoms with Gasteiger partial charge in [0.05, 0.1) is 22.2 Å². The highest BCUT2D eigenvalue weighted by Crippen LogP contribution is 2.33.